The lowest BCUT2D eigenvalue weighted by Gasteiger charge is -2.01. The first kappa shape index (κ1) is 11.1. The van der Waals surface area contributed by atoms with E-state index in [4.69, 9.17) is 9.46 Å². The molecule has 0 bridgehead atoms. The molecule has 2 N–H and O–H groups in total. The van der Waals surface area contributed by atoms with Crippen LogP contribution < -0.4 is 5.32 Å². The lowest BCUT2D eigenvalue weighted by Crippen LogP contribution is -1.89. The smallest absolute Gasteiger partial charge is 0.388 e. The molecule has 3 nitrogen and oxygen atoms in total. The lowest BCUT2D eigenvalue weighted by atomic mass is 10.2. The van der Waals surface area contributed by atoms with Gasteiger partial charge in [-0.3, -0.25) is 0 Å². The number of hydrogen-bond acceptors (Lipinski definition) is 2. The second kappa shape index (κ2) is 6.77. The van der Waals surface area contributed by atoms with Crippen molar-refractivity contribution in [2.75, 3.05) is 12.4 Å². The molecule has 0 fully saturated rings. The zero-order valence-electron chi connectivity index (χ0n) is 7.16. The molecule has 0 amide bonds. The summed E-state index contributed by atoms with van der Waals surface area (Å²) in [4.78, 5) is 7.04. The summed E-state index contributed by atoms with van der Waals surface area (Å²) >= 11 is 0. The third-order valence-electron chi connectivity index (χ3n) is 1.41. The van der Waals surface area contributed by atoms with E-state index in [1.165, 1.54) is 11.3 Å². The fourth-order valence-electron chi connectivity index (χ4n) is 0.853. The van der Waals surface area contributed by atoms with Crippen LogP contribution in [0, 0.1) is 6.92 Å². The first-order chi connectivity index (χ1) is 5.76. The number of rotatable bonds is 1. The Morgan fingerprint density at radius 2 is 1.92 bits per heavy atom. The van der Waals surface area contributed by atoms with E-state index in [1.807, 2.05) is 19.2 Å². The lowest BCUT2D eigenvalue weighted by molar-refractivity contribution is 0.524. The molecule has 4 heteroatoms. The van der Waals surface area contributed by atoms with Gasteiger partial charge in [-0.1, -0.05) is 18.2 Å². The molecule has 0 aliphatic carbocycles. The van der Waals surface area contributed by atoms with Gasteiger partial charge in [0, 0.05) is 12.7 Å². The Hall–Kier alpha value is -0.920. The minimum atomic E-state index is -1.17. The minimum Gasteiger partial charge on any atom is -0.388 e. The van der Waals surface area contributed by atoms with Gasteiger partial charge < -0.3 is 5.32 Å². The van der Waals surface area contributed by atoms with E-state index in [0.717, 1.165) is 0 Å². The average molecular weight is 186 g/mol. The summed E-state index contributed by atoms with van der Waals surface area (Å²) in [7, 11) is 0.766. The Morgan fingerprint density at radius 3 is 2.25 bits per heavy atom. The zero-order valence-corrected chi connectivity index (χ0v) is 8.16. The Labute approximate surface area is 73.7 Å². The molecule has 0 heterocycles. The highest BCUT2D eigenvalue weighted by molar-refractivity contribution is 7.16. The van der Waals surface area contributed by atoms with Gasteiger partial charge in [0.15, 0.2) is 0 Å². The number of hydrogen-bond donors (Lipinski definition) is 2. The fraction of sp³-hybridized carbons (Fsp3) is 0.250. The van der Waals surface area contributed by atoms with Gasteiger partial charge in [0.25, 0.3) is 0 Å². The summed E-state index contributed by atoms with van der Waals surface area (Å²) in [6.07, 6.45) is 0. The Morgan fingerprint density at radius 1 is 1.42 bits per heavy atom. The Kier molecular flexibility index (Phi) is 6.25. The Bertz CT molecular complexity index is 240. The van der Waals surface area contributed by atoms with Gasteiger partial charge in [-0.05, 0) is 23.1 Å². The average Bonchev–Trinajstić information content (AvgIpc) is 2.07. The SMILES string of the molecule is CNc1ccccc1C.O=[PH+]O. The molecule has 66 valence electrons. The van der Waals surface area contributed by atoms with Crippen LogP contribution in [0.2, 0.25) is 0 Å². The predicted molar refractivity (Wildman–Crippen MR) is 51.9 cm³/mol. The quantitative estimate of drug-likeness (QED) is 0.659. The van der Waals surface area contributed by atoms with Crippen LogP contribution in [0.4, 0.5) is 5.69 Å². The molecule has 0 radical (unpaired) electrons. The number of aryl methyl sites for hydroxylation is 1. The van der Waals surface area contributed by atoms with E-state index in [9.17, 15) is 0 Å². The summed E-state index contributed by atoms with van der Waals surface area (Å²) in [5, 5.41) is 3.10. The van der Waals surface area contributed by atoms with Crippen LogP contribution in [-0.2, 0) is 4.57 Å². The summed E-state index contributed by atoms with van der Waals surface area (Å²) in [5.41, 5.74) is 2.50. The highest BCUT2D eigenvalue weighted by Crippen LogP contribution is 2.10. The highest BCUT2D eigenvalue weighted by atomic mass is 31.1. The van der Waals surface area contributed by atoms with Gasteiger partial charge in [-0.2, -0.15) is 4.89 Å². The molecule has 0 spiro atoms. The second-order valence-corrected chi connectivity index (χ2v) is 2.34. The van der Waals surface area contributed by atoms with Gasteiger partial charge >= 0.3 is 8.69 Å². The van der Waals surface area contributed by atoms with Crippen LogP contribution >= 0.6 is 8.69 Å². The van der Waals surface area contributed by atoms with Gasteiger partial charge in [0.05, 0.1) is 0 Å². The van der Waals surface area contributed by atoms with Crippen LogP contribution in [0.3, 0.4) is 0 Å². The van der Waals surface area contributed by atoms with E-state index in [1.54, 1.807) is 0 Å². The van der Waals surface area contributed by atoms with Crippen molar-refractivity contribution in [2.45, 2.75) is 6.92 Å². The van der Waals surface area contributed by atoms with Gasteiger partial charge in [0.1, 0.15) is 0 Å². The first-order valence-electron chi connectivity index (χ1n) is 3.51. The fourth-order valence-corrected chi connectivity index (χ4v) is 0.853. The van der Waals surface area contributed by atoms with Crippen molar-refractivity contribution in [1.29, 1.82) is 0 Å². The molecule has 1 aromatic carbocycles. The van der Waals surface area contributed by atoms with Crippen molar-refractivity contribution >= 4 is 14.4 Å². The van der Waals surface area contributed by atoms with Crippen molar-refractivity contribution in [3.05, 3.63) is 29.8 Å². The van der Waals surface area contributed by atoms with E-state index >= 15 is 0 Å². The number of nitrogens with one attached hydrogen (secondary N) is 1. The third kappa shape index (κ3) is 4.06. The van der Waals surface area contributed by atoms with E-state index in [0.29, 0.717) is 0 Å². The monoisotopic (exact) mass is 186 g/mol. The molecule has 0 aromatic heterocycles. The van der Waals surface area contributed by atoms with Gasteiger partial charge in [-0.15, -0.1) is 0 Å². The Balaban J connectivity index is 0.000000354. The molecule has 1 unspecified atom stereocenters. The van der Waals surface area contributed by atoms with Crippen molar-refractivity contribution in [3.63, 3.8) is 0 Å². The normalized spacial score (nSPS) is 8.58. The maximum absolute atomic E-state index is 8.51. The number of para-hydroxylation sites is 1. The van der Waals surface area contributed by atoms with Crippen molar-refractivity contribution < 1.29 is 9.46 Å². The third-order valence-corrected chi connectivity index (χ3v) is 1.41. The number of anilines is 1. The van der Waals surface area contributed by atoms with Crippen LogP contribution in [0.5, 0.6) is 0 Å². The standard InChI is InChI=1S/C8H11N.HO2P/c1-7-5-3-4-6-8(7)9-2;1-3-2/h3-6,9H,1-2H3;3H/p+1. The van der Waals surface area contributed by atoms with E-state index < -0.39 is 8.69 Å². The second-order valence-electron chi connectivity index (χ2n) is 2.16. The molecular weight excluding hydrogens is 173 g/mol. The molecule has 0 aliphatic heterocycles. The van der Waals surface area contributed by atoms with Crippen molar-refractivity contribution in [3.8, 4) is 0 Å². The summed E-state index contributed by atoms with van der Waals surface area (Å²) < 4.78 is 8.51. The minimum absolute atomic E-state index is 1.17. The molecule has 1 aromatic rings. The van der Waals surface area contributed by atoms with Crippen LogP contribution in [0.15, 0.2) is 24.3 Å². The van der Waals surface area contributed by atoms with E-state index in [-0.39, 0.29) is 0 Å². The van der Waals surface area contributed by atoms with Gasteiger partial charge in [-0.25, -0.2) is 0 Å². The maximum Gasteiger partial charge on any atom is 0.491 e. The molecule has 12 heavy (non-hydrogen) atoms. The summed E-state index contributed by atoms with van der Waals surface area (Å²) in [6, 6.07) is 8.22. The van der Waals surface area contributed by atoms with Crippen LogP contribution in [-0.4, -0.2) is 11.9 Å². The van der Waals surface area contributed by atoms with Crippen LogP contribution in [0.1, 0.15) is 5.56 Å². The topological polar surface area (TPSA) is 49.3 Å². The summed E-state index contributed by atoms with van der Waals surface area (Å²) in [5.74, 6) is 0. The molecule has 0 saturated heterocycles. The van der Waals surface area contributed by atoms with Gasteiger partial charge in [0.2, 0.25) is 0 Å². The highest BCUT2D eigenvalue weighted by Gasteiger charge is 1.88. The molecule has 0 saturated carbocycles. The van der Waals surface area contributed by atoms with Crippen LogP contribution in [0.25, 0.3) is 0 Å². The molecular formula is C8H13NO2P+. The van der Waals surface area contributed by atoms with E-state index in [2.05, 4.69) is 24.4 Å². The van der Waals surface area contributed by atoms with Crippen molar-refractivity contribution in [1.82, 2.24) is 0 Å². The zero-order chi connectivity index (χ0) is 9.40. The first-order valence-corrected chi connectivity index (χ1v) is 4.36. The molecule has 0 aliphatic rings. The predicted octanol–water partition coefficient (Wildman–Crippen LogP) is 1.95. The number of benzene rings is 1. The molecule has 1 atom stereocenters. The molecule has 1 rings (SSSR count). The summed E-state index contributed by atoms with van der Waals surface area (Å²) in [6.45, 7) is 2.09. The van der Waals surface area contributed by atoms with Crippen molar-refractivity contribution in [2.24, 2.45) is 0 Å². The maximum atomic E-state index is 8.51. The largest absolute Gasteiger partial charge is 0.491 e.